The van der Waals surface area contributed by atoms with Gasteiger partial charge in [0.05, 0.1) is 5.39 Å². The van der Waals surface area contributed by atoms with Gasteiger partial charge < -0.3 is 10.3 Å². The number of nitrogens with two attached hydrogens (primary N) is 1. The molecule has 1 aliphatic carbocycles. The first kappa shape index (κ1) is 18.7. The molecule has 27 heavy (non-hydrogen) atoms. The van der Waals surface area contributed by atoms with Gasteiger partial charge in [-0.25, -0.2) is 4.98 Å². The average molecular weight is 403 g/mol. The SMILES string of the molecule is C[C@@H]1CCc2c(sc3nc([C@H](C)[NH2+][C@@H](C)c4cccc(Cl)c4)[nH]c(=O)c23)C1. The third kappa shape index (κ3) is 3.68. The molecule has 4 rings (SSSR count). The Hall–Kier alpha value is -1.69. The van der Waals surface area contributed by atoms with Gasteiger partial charge in [0.15, 0.2) is 5.82 Å². The van der Waals surface area contributed by atoms with Crippen molar-refractivity contribution >= 4 is 33.2 Å². The molecular weight excluding hydrogens is 378 g/mol. The van der Waals surface area contributed by atoms with Gasteiger partial charge in [0, 0.05) is 15.5 Å². The van der Waals surface area contributed by atoms with E-state index < -0.39 is 0 Å². The number of fused-ring (bicyclic) bond motifs is 3. The van der Waals surface area contributed by atoms with E-state index in [9.17, 15) is 4.79 Å². The topological polar surface area (TPSA) is 62.4 Å². The number of thiophene rings is 1. The molecule has 0 spiro atoms. The van der Waals surface area contributed by atoms with Crippen LogP contribution in [-0.2, 0) is 12.8 Å². The highest BCUT2D eigenvalue weighted by Gasteiger charge is 2.25. The molecule has 6 heteroatoms. The number of benzene rings is 1. The van der Waals surface area contributed by atoms with Crippen molar-refractivity contribution in [2.75, 3.05) is 0 Å². The minimum Gasteiger partial charge on any atom is -0.332 e. The number of nitrogens with one attached hydrogen (secondary N) is 1. The van der Waals surface area contributed by atoms with Gasteiger partial charge >= 0.3 is 0 Å². The van der Waals surface area contributed by atoms with Crippen LogP contribution in [0.1, 0.15) is 61.1 Å². The average Bonchev–Trinajstić information content (AvgIpc) is 2.99. The van der Waals surface area contributed by atoms with Crippen LogP contribution in [0.2, 0.25) is 5.02 Å². The number of quaternary nitrogens is 1. The smallest absolute Gasteiger partial charge is 0.260 e. The molecule has 3 aromatic rings. The summed E-state index contributed by atoms with van der Waals surface area (Å²) in [6.07, 6.45) is 3.22. The van der Waals surface area contributed by atoms with Crippen LogP contribution in [0.15, 0.2) is 29.1 Å². The van der Waals surface area contributed by atoms with E-state index in [-0.39, 0.29) is 17.6 Å². The maximum Gasteiger partial charge on any atom is 0.260 e. The van der Waals surface area contributed by atoms with Gasteiger partial charge in [-0.2, -0.15) is 0 Å². The minimum absolute atomic E-state index is 0.0118. The van der Waals surface area contributed by atoms with Crippen molar-refractivity contribution in [3.63, 3.8) is 0 Å². The molecule has 0 saturated heterocycles. The molecule has 4 nitrogen and oxygen atoms in total. The van der Waals surface area contributed by atoms with E-state index in [0.29, 0.717) is 5.92 Å². The number of aryl methyl sites for hydroxylation is 1. The van der Waals surface area contributed by atoms with E-state index in [0.717, 1.165) is 40.3 Å². The summed E-state index contributed by atoms with van der Waals surface area (Å²) in [6.45, 7) is 6.51. The number of aromatic nitrogens is 2. The molecule has 0 bridgehead atoms. The van der Waals surface area contributed by atoms with Crippen molar-refractivity contribution in [1.29, 1.82) is 0 Å². The van der Waals surface area contributed by atoms with Crippen LogP contribution in [0.3, 0.4) is 0 Å². The summed E-state index contributed by atoms with van der Waals surface area (Å²) in [6, 6.07) is 8.19. The summed E-state index contributed by atoms with van der Waals surface area (Å²) in [5.74, 6) is 1.43. The van der Waals surface area contributed by atoms with Gasteiger partial charge in [-0.05, 0) is 56.7 Å². The quantitative estimate of drug-likeness (QED) is 0.688. The Morgan fingerprint density at radius 2 is 2.15 bits per heavy atom. The van der Waals surface area contributed by atoms with Crippen LogP contribution in [0.4, 0.5) is 0 Å². The first-order valence-electron chi connectivity index (χ1n) is 9.57. The van der Waals surface area contributed by atoms with E-state index in [1.54, 1.807) is 11.3 Å². The Balaban J connectivity index is 1.62. The lowest BCUT2D eigenvalue weighted by Crippen LogP contribution is -2.85. The lowest BCUT2D eigenvalue weighted by molar-refractivity contribution is -0.729. The second kappa shape index (κ2) is 7.38. The van der Waals surface area contributed by atoms with Crippen molar-refractivity contribution < 1.29 is 5.32 Å². The minimum atomic E-state index is 0.0118. The van der Waals surface area contributed by atoms with Crippen molar-refractivity contribution in [1.82, 2.24) is 9.97 Å². The van der Waals surface area contributed by atoms with Crippen molar-refractivity contribution in [2.45, 2.75) is 52.1 Å². The van der Waals surface area contributed by atoms with Gasteiger partial charge in [-0.1, -0.05) is 30.7 Å². The largest absolute Gasteiger partial charge is 0.332 e. The fraction of sp³-hybridized carbons (Fsp3) is 0.429. The van der Waals surface area contributed by atoms with E-state index in [2.05, 4.69) is 37.1 Å². The highest BCUT2D eigenvalue weighted by atomic mass is 35.5. The molecule has 0 radical (unpaired) electrons. The monoisotopic (exact) mass is 402 g/mol. The maximum atomic E-state index is 12.8. The van der Waals surface area contributed by atoms with E-state index >= 15 is 0 Å². The van der Waals surface area contributed by atoms with Crippen LogP contribution in [0.5, 0.6) is 0 Å². The Morgan fingerprint density at radius 3 is 2.93 bits per heavy atom. The summed E-state index contributed by atoms with van der Waals surface area (Å²) < 4.78 is 0. The Morgan fingerprint density at radius 1 is 1.33 bits per heavy atom. The molecule has 3 N–H and O–H groups in total. The van der Waals surface area contributed by atoms with Crippen LogP contribution in [0.25, 0.3) is 10.2 Å². The van der Waals surface area contributed by atoms with Crippen molar-refractivity contribution in [3.8, 4) is 0 Å². The highest BCUT2D eigenvalue weighted by Crippen LogP contribution is 2.35. The number of hydrogen-bond acceptors (Lipinski definition) is 3. The Kier molecular flexibility index (Phi) is 5.10. The Labute approximate surface area is 168 Å². The number of H-pyrrole nitrogens is 1. The fourth-order valence-corrected chi connectivity index (χ4v) is 5.60. The third-order valence-electron chi connectivity index (χ3n) is 5.57. The molecule has 0 fully saturated rings. The van der Waals surface area contributed by atoms with Crippen molar-refractivity contribution in [3.05, 3.63) is 61.5 Å². The number of rotatable bonds is 4. The van der Waals surface area contributed by atoms with Crippen LogP contribution < -0.4 is 10.9 Å². The van der Waals surface area contributed by atoms with Gasteiger partial charge in [-0.3, -0.25) is 4.79 Å². The zero-order valence-corrected chi connectivity index (χ0v) is 17.5. The lowest BCUT2D eigenvalue weighted by atomic mass is 9.89. The molecule has 1 aromatic carbocycles. The van der Waals surface area contributed by atoms with Crippen LogP contribution in [0, 0.1) is 5.92 Å². The standard InChI is InChI=1S/C21H24ClN3OS/c1-11-7-8-16-17(9-11)27-21-18(16)20(26)24-19(25-21)13(3)23-12(2)14-5-4-6-15(22)10-14/h4-6,10-13,23H,7-9H2,1-3H3,(H,24,25,26)/p+1/t11-,12+,13+/m1/s1. The van der Waals surface area contributed by atoms with Crippen LogP contribution >= 0.6 is 22.9 Å². The van der Waals surface area contributed by atoms with Gasteiger partial charge in [0.2, 0.25) is 0 Å². The van der Waals surface area contributed by atoms with Crippen LogP contribution in [-0.4, -0.2) is 9.97 Å². The molecular formula is C21H25ClN3OS+. The zero-order valence-electron chi connectivity index (χ0n) is 15.9. The fourth-order valence-electron chi connectivity index (χ4n) is 4.01. The molecule has 2 aromatic heterocycles. The molecule has 142 valence electrons. The Bertz CT molecular complexity index is 1040. The second-order valence-corrected chi connectivity index (χ2v) is 9.33. The number of aromatic amines is 1. The van der Waals surface area contributed by atoms with E-state index in [1.807, 2.05) is 18.2 Å². The van der Waals surface area contributed by atoms with Crippen molar-refractivity contribution in [2.24, 2.45) is 5.92 Å². The predicted molar refractivity (Wildman–Crippen MR) is 112 cm³/mol. The molecule has 3 atom stereocenters. The predicted octanol–water partition coefficient (Wildman–Crippen LogP) is 4.15. The summed E-state index contributed by atoms with van der Waals surface area (Å²) in [4.78, 5) is 22.9. The summed E-state index contributed by atoms with van der Waals surface area (Å²) >= 11 is 7.82. The molecule has 2 heterocycles. The normalized spacial score (nSPS) is 19.0. The molecule has 0 unspecified atom stereocenters. The maximum absolute atomic E-state index is 12.8. The van der Waals surface area contributed by atoms with E-state index in [4.69, 9.17) is 16.6 Å². The third-order valence-corrected chi connectivity index (χ3v) is 6.95. The number of nitrogens with zero attached hydrogens (tertiary/aromatic N) is 1. The summed E-state index contributed by atoms with van der Waals surface area (Å²) in [5.41, 5.74) is 2.41. The first-order valence-corrected chi connectivity index (χ1v) is 10.8. The van der Waals surface area contributed by atoms with Gasteiger partial charge in [0.25, 0.3) is 5.56 Å². The molecule has 0 saturated carbocycles. The molecule has 0 amide bonds. The van der Waals surface area contributed by atoms with E-state index in [1.165, 1.54) is 16.0 Å². The molecule has 0 aliphatic heterocycles. The number of halogens is 1. The number of hydrogen-bond donors (Lipinski definition) is 2. The first-order chi connectivity index (χ1) is 12.9. The lowest BCUT2D eigenvalue weighted by Gasteiger charge is -2.17. The highest BCUT2D eigenvalue weighted by molar-refractivity contribution is 7.18. The summed E-state index contributed by atoms with van der Waals surface area (Å²) in [5, 5.41) is 3.78. The van der Waals surface area contributed by atoms with Gasteiger partial charge in [0.1, 0.15) is 16.9 Å². The molecule has 1 aliphatic rings. The summed E-state index contributed by atoms with van der Waals surface area (Å²) in [7, 11) is 0. The zero-order chi connectivity index (χ0) is 19.1. The second-order valence-electron chi connectivity index (χ2n) is 7.81. The van der Waals surface area contributed by atoms with Gasteiger partial charge in [-0.15, -0.1) is 11.3 Å².